The lowest BCUT2D eigenvalue weighted by atomic mass is 9.78. The van der Waals surface area contributed by atoms with Gasteiger partial charge in [0, 0.05) is 10.8 Å². The summed E-state index contributed by atoms with van der Waals surface area (Å²) in [5, 5.41) is 6.34. The molecule has 6 nitrogen and oxygen atoms in total. The number of nitrogens with two attached hydrogens (primary N) is 1. The molecule has 1 aliphatic rings. The number of Topliss-reactive ketones (excluding diaryl/α,β-unsaturated/α-hetero) is 1. The van der Waals surface area contributed by atoms with Gasteiger partial charge in [0.15, 0.2) is 5.65 Å². The third kappa shape index (κ3) is 2.54. The molecule has 3 aromatic rings. The number of benzene rings is 1. The summed E-state index contributed by atoms with van der Waals surface area (Å²) in [4.78, 5) is 21.1. The molecule has 0 amide bonds. The molecule has 2 heterocycles. The summed E-state index contributed by atoms with van der Waals surface area (Å²) in [6.07, 6.45) is 3.09. The first-order valence-corrected chi connectivity index (χ1v) is 8.67. The van der Waals surface area contributed by atoms with Gasteiger partial charge >= 0.3 is 0 Å². The fourth-order valence-electron chi connectivity index (χ4n) is 3.01. The monoisotopic (exact) mass is 339 g/mol. The molecule has 0 unspecified atom stereocenters. The van der Waals surface area contributed by atoms with Crippen LogP contribution in [0.5, 0.6) is 0 Å². The quantitative estimate of drug-likeness (QED) is 0.786. The third-order valence-electron chi connectivity index (χ3n) is 4.48. The van der Waals surface area contributed by atoms with E-state index >= 15 is 0 Å². The summed E-state index contributed by atoms with van der Waals surface area (Å²) < 4.78 is 1.91. The lowest BCUT2D eigenvalue weighted by Gasteiger charge is -2.33. The second-order valence-electron chi connectivity index (χ2n) is 6.06. The van der Waals surface area contributed by atoms with Crippen molar-refractivity contribution in [2.45, 2.75) is 35.7 Å². The van der Waals surface area contributed by atoms with Gasteiger partial charge in [-0.2, -0.15) is 5.10 Å². The number of rotatable bonds is 4. The Morgan fingerprint density at radius 2 is 2.00 bits per heavy atom. The molecule has 0 spiro atoms. The maximum absolute atomic E-state index is 11.5. The van der Waals surface area contributed by atoms with Gasteiger partial charge in [-0.15, -0.1) is 0 Å². The van der Waals surface area contributed by atoms with Crippen LogP contribution in [0.1, 0.15) is 25.8 Å². The molecule has 2 aromatic heterocycles. The van der Waals surface area contributed by atoms with Gasteiger partial charge in [0.25, 0.3) is 0 Å². The Kier molecular flexibility index (Phi) is 3.72. The minimum absolute atomic E-state index is 0.138. The fourth-order valence-corrected chi connectivity index (χ4v) is 3.95. The van der Waals surface area contributed by atoms with Crippen molar-refractivity contribution in [2.75, 3.05) is 5.73 Å². The van der Waals surface area contributed by atoms with Crippen molar-refractivity contribution < 1.29 is 4.79 Å². The van der Waals surface area contributed by atoms with Gasteiger partial charge in [-0.25, -0.2) is 14.6 Å². The van der Waals surface area contributed by atoms with Crippen molar-refractivity contribution in [3.8, 4) is 0 Å². The summed E-state index contributed by atoms with van der Waals surface area (Å²) in [6, 6.07) is 10.2. The van der Waals surface area contributed by atoms with Crippen molar-refractivity contribution in [1.82, 2.24) is 19.7 Å². The number of anilines is 1. The second-order valence-corrected chi connectivity index (χ2v) is 7.12. The van der Waals surface area contributed by atoms with Crippen LogP contribution in [0.3, 0.4) is 0 Å². The smallest absolute Gasteiger partial charge is 0.164 e. The molecule has 1 fully saturated rings. The predicted molar refractivity (Wildman–Crippen MR) is 92.7 cm³/mol. The molecular weight excluding hydrogens is 322 g/mol. The first-order valence-electron chi connectivity index (χ1n) is 7.85. The van der Waals surface area contributed by atoms with Gasteiger partial charge in [0.2, 0.25) is 0 Å². The molecule has 1 saturated carbocycles. The summed E-state index contributed by atoms with van der Waals surface area (Å²) in [6.45, 7) is 1.65. The Bertz CT molecular complexity index is 902. The number of hydrogen-bond acceptors (Lipinski definition) is 6. The van der Waals surface area contributed by atoms with Crippen LogP contribution >= 0.6 is 11.8 Å². The van der Waals surface area contributed by atoms with Gasteiger partial charge < -0.3 is 5.73 Å². The first-order chi connectivity index (χ1) is 11.6. The van der Waals surface area contributed by atoms with Crippen LogP contribution in [0.25, 0.3) is 11.0 Å². The van der Waals surface area contributed by atoms with E-state index in [0.717, 1.165) is 33.8 Å². The minimum atomic E-state index is 0.138. The molecule has 4 rings (SSSR count). The van der Waals surface area contributed by atoms with Crippen molar-refractivity contribution in [2.24, 2.45) is 5.92 Å². The van der Waals surface area contributed by atoms with Crippen LogP contribution in [0.4, 0.5) is 5.82 Å². The molecule has 1 aromatic carbocycles. The standard InChI is InChI=1S/C17H17N5OS/c1-10(23)11-7-12(8-11)22-16-14(15(18)19-9-20-16)17(21-22)24-13-5-3-2-4-6-13/h2-6,9,11-12H,7-8H2,1H3,(H2,18,19,20). The Labute approximate surface area is 143 Å². The van der Waals surface area contributed by atoms with E-state index in [-0.39, 0.29) is 17.7 Å². The molecule has 0 aliphatic heterocycles. The zero-order valence-electron chi connectivity index (χ0n) is 13.2. The topological polar surface area (TPSA) is 86.7 Å². The largest absolute Gasteiger partial charge is 0.383 e. The highest BCUT2D eigenvalue weighted by atomic mass is 32.2. The summed E-state index contributed by atoms with van der Waals surface area (Å²) in [5.41, 5.74) is 6.83. The van der Waals surface area contributed by atoms with Gasteiger partial charge in [-0.3, -0.25) is 4.79 Å². The van der Waals surface area contributed by atoms with Crippen LogP contribution in [0, 0.1) is 5.92 Å². The minimum Gasteiger partial charge on any atom is -0.383 e. The normalized spacial score (nSPS) is 20.0. The van der Waals surface area contributed by atoms with Crippen LogP contribution < -0.4 is 5.73 Å². The van der Waals surface area contributed by atoms with Crippen LogP contribution in [0.2, 0.25) is 0 Å². The zero-order valence-corrected chi connectivity index (χ0v) is 14.0. The number of carbonyl (C=O) groups excluding carboxylic acids is 1. The van der Waals surface area contributed by atoms with Crippen molar-refractivity contribution in [3.63, 3.8) is 0 Å². The maximum Gasteiger partial charge on any atom is 0.164 e. The molecule has 0 atom stereocenters. The molecule has 0 bridgehead atoms. The molecule has 1 aliphatic carbocycles. The van der Waals surface area contributed by atoms with E-state index in [1.54, 1.807) is 18.7 Å². The zero-order chi connectivity index (χ0) is 16.7. The lowest BCUT2D eigenvalue weighted by Crippen LogP contribution is -2.31. The molecule has 0 radical (unpaired) electrons. The van der Waals surface area contributed by atoms with Crippen LogP contribution in [-0.4, -0.2) is 25.5 Å². The van der Waals surface area contributed by atoms with Gasteiger partial charge in [-0.05, 0) is 31.9 Å². The Balaban J connectivity index is 1.73. The van der Waals surface area contributed by atoms with Crippen molar-refractivity contribution in [3.05, 3.63) is 36.7 Å². The van der Waals surface area contributed by atoms with Gasteiger partial charge in [0.1, 0.15) is 23.0 Å². The molecule has 7 heteroatoms. The SMILES string of the molecule is CC(=O)C1CC(n2nc(Sc3ccccc3)c3c(N)ncnc32)C1. The number of carbonyl (C=O) groups is 1. The second kappa shape index (κ2) is 5.90. The number of hydrogen-bond donors (Lipinski definition) is 1. The van der Waals surface area contributed by atoms with Crippen molar-refractivity contribution in [1.29, 1.82) is 0 Å². The maximum atomic E-state index is 11.5. The van der Waals surface area contributed by atoms with Gasteiger partial charge in [-0.1, -0.05) is 30.0 Å². The molecule has 24 heavy (non-hydrogen) atoms. The number of nitrogens with zero attached hydrogens (tertiary/aromatic N) is 4. The highest BCUT2D eigenvalue weighted by Gasteiger charge is 2.36. The van der Waals surface area contributed by atoms with E-state index in [0.29, 0.717) is 5.82 Å². The van der Waals surface area contributed by atoms with Crippen LogP contribution in [-0.2, 0) is 4.79 Å². The third-order valence-corrected chi connectivity index (χ3v) is 5.46. The van der Waals surface area contributed by atoms with E-state index in [4.69, 9.17) is 10.8 Å². The Morgan fingerprint density at radius 3 is 2.71 bits per heavy atom. The number of fused-ring (bicyclic) bond motifs is 1. The average Bonchev–Trinajstić information content (AvgIpc) is 2.86. The average molecular weight is 339 g/mol. The Hall–Kier alpha value is -2.41. The predicted octanol–water partition coefficient (Wildman–Crippen LogP) is 3.10. The van der Waals surface area contributed by atoms with Gasteiger partial charge in [0.05, 0.1) is 11.4 Å². The van der Waals surface area contributed by atoms with Crippen LogP contribution in [0.15, 0.2) is 46.6 Å². The Morgan fingerprint density at radius 1 is 1.25 bits per heavy atom. The van der Waals surface area contributed by atoms with E-state index < -0.39 is 0 Å². The molecule has 122 valence electrons. The fraction of sp³-hybridized carbons (Fsp3) is 0.294. The highest BCUT2D eigenvalue weighted by Crippen LogP contribution is 2.42. The summed E-state index contributed by atoms with van der Waals surface area (Å²) in [5.74, 6) is 0.821. The van der Waals surface area contributed by atoms with E-state index in [2.05, 4.69) is 9.97 Å². The number of nitrogen functional groups attached to an aromatic ring is 1. The molecule has 0 saturated heterocycles. The molecule has 2 N–H and O–H groups in total. The summed E-state index contributed by atoms with van der Waals surface area (Å²) >= 11 is 1.55. The van der Waals surface area contributed by atoms with Crippen molar-refractivity contribution >= 4 is 34.4 Å². The first kappa shape index (κ1) is 15.1. The summed E-state index contributed by atoms with van der Waals surface area (Å²) in [7, 11) is 0. The van der Waals surface area contributed by atoms with E-state index in [1.807, 2.05) is 35.0 Å². The number of ketones is 1. The van der Waals surface area contributed by atoms with E-state index in [1.165, 1.54) is 6.33 Å². The lowest BCUT2D eigenvalue weighted by molar-refractivity contribution is -0.124. The highest BCUT2D eigenvalue weighted by molar-refractivity contribution is 7.99. The molecular formula is C17H17N5OS. The van der Waals surface area contributed by atoms with E-state index in [9.17, 15) is 4.79 Å². The number of aromatic nitrogens is 4.